The molecular weight excluding hydrogens is 326 g/mol. The molecule has 0 spiro atoms. The zero-order valence-electron chi connectivity index (χ0n) is 13.8. The summed E-state index contributed by atoms with van der Waals surface area (Å²) in [5.41, 5.74) is 2.45. The Hall–Kier alpha value is -1.10. The highest BCUT2D eigenvalue weighted by atomic mass is 35.5. The standard InChI is InChI=1S/C18H24ClN3S/c1-13(2)18-21-16(12-23-18)10-20-9-14-7-8-22(11-14)17-5-3-15(19)4-6-17/h3-6,12-14,20H,7-11H2,1-2H3. The van der Waals surface area contributed by atoms with Gasteiger partial charge in [-0.05, 0) is 36.6 Å². The molecule has 0 radical (unpaired) electrons. The number of halogens is 1. The summed E-state index contributed by atoms with van der Waals surface area (Å²) in [6.45, 7) is 8.56. The van der Waals surface area contributed by atoms with E-state index in [9.17, 15) is 0 Å². The SMILES string of the molecule is CC(C)c1nc(CNCC2CCN(c3ccc(Cl)cc3)C2)cs1. The topological polar surface area (TPSA) is 28.2 Å². The molecule has 2 aromatic rings. The van der Waals surface area contributed by atoms with E-state index in [1.807, 2.05) is 12.1 Å². The van der Waals surface area contributed by atoms with Crippen molar-refractivity contribution in [1.82, 2.24) is 10.3 Å². The molecule has 5 heteroatoms. The van der Waals surface area contributed by atoms with Crippen molar-refractivity contribution in [2.45, 2.75) is 32.7 Å². The largest absolute Gasteiger partial charge is 0.371 e. The normalized spacial score (nSPS) is 18.1. The molecule has 1 unspecified atom stereocenters. The first kappa shape index (κ1) is 16.7. The minimum Gasteiger partial charge on any atom is -0.371 e. The molecule has 0 saturated carbocycles. The maximum Gasteiger partial charge on any atom is 0.0954 e. The molecule has 0 aliphatic carbocycles. The van der Waals surface area contributed by atoms with Gasteiger partial charge in [0.05, 0.1) is 10.7 Å². The fourth-order valence-corrected chi connectivity index (χ4v) is 3.92. The van der Waals surface area contributed by atoms with E-state index in [1.165, 1.54) is 22.8 Å². The van der Waals surface area contributed by atoms with Gasteiger partial charge in [-0.2, -0.15) is 0 Å². The van der Waals surface area contributed by atoms with E-state index in [-0.39, 0.29) is 0 Å². The van der Waals surface area contributed by atoms with Crippen molar-refractivity contribution in [3.63, 3.8) is 0 Å². The number of hydrogen-bond donors (Lipinski definition) is 1. The van der Waals surface area contributed by atoms with E-state index in [2.05, 4.69) is 46.6 Å². The van der Waals surface area contributed by atoms with Crippen LogP contribution in [0.1, 0.15) is 36.9 Å². The number of hydrogen-bond acceptors (Lipinski definition) is 4. The van der Waals surface area contributed by atoms with E-state index >= 15 is 0 Å². The van der Waals surface area contributed by atoms with Gasteiger partial charge < -0.3 is 10.2 Å². The van der Waals surface area contributed by atoms with Gasteiger partial charge in [-0.25, -0.2) is 4.98 Å². The second-order valence-corrected chi connectivity index (χ2v) is 7.87. The Bertz CT molecular complexity index is 623. The number of benzene rings is 1. The lowest BCUT2D eigenvalue weighted by molar-refractivity contribution is 0.514. The van der Waals surface area contributed by atoms with Gasteiger partial charge in [-0.1, -0.05) is 25.4 Å². The average molecular weight is 350 g/mol. The molecule has 0 bridgehead atoms. The van der Waals surface area contributed by atoms with E-state index in [0.29, 0.717) is 11.8 Å². The van der Waals surface area contributed by atoms with Crippen molar-refractivity contribution >= 4 is 28.6 Å². The maximum absolute atomic E-state index is 5.96. The zero-order valence-corrected chi connectivity index (χ0v) is 15.3. The molecular formula is C18H24ClN3S. The number of rotatable bonds is 6. The van der Waals surface area contributed by atoms with Crippen LogP contribution in [0.25, 0.3) is 0 Å². The van der Waals surface area contributed by atoms with Gasteiger partial charge in [0, 0.05) is 48.2 Å². The Balaban J connectivity index is 1.44. The second kappa shape index (κ2) is 7.65. The lowest BCUT2D eigenvalue weighted by Gasteiger charge is -2.19. The van der Waals surface area contributed by atoms with Crippen molar-refractivity contribution in [2.75, 3.05) is 24.5 Å². The van der Waals surface area contributed by atoms with Crippen LogP contribution in [0.4, 0.5) is 5.69 Å². The second-order valence-electron chi connectivity index (χ2n) is 6.54. The van der Waals surface area contributed by atoms with Crippen LogP contribution >= 0.6 is 22.9 Å². The molecule has 1 saturated heterocycles. The van der Waals surface area contributed by atoms with Crippen molar-refractivity contribution in [2.24, 2.45) is 5.92 Å². The number of aromatic nitrogens is 1. The van der Waals surface area contributed by atoms with Crippen LogP contribution in [-0.4, -0.2) is 24.6 Å². The van der Waals surface area contributed by atoms with Crippen LogP contribution in [0.3, 0.4) is 0 Å². The number of nitrogens with one attached hydrogen (secondary N) is 1. The number of anilines is 1. The van der Waals surface area contributed by atoms with Crippen LogP contribution < -0.4 is 10.2 Å². The Morgan fingerprint density at radius 2 is 2.13 bits per heavy atom. The molecule has 2 heterocycles. The Morgan fingerprint density at radius 1 is 1.35 bits per heavy atom. The zero-order chi connectivity index (χ0) is 16.2. The van der Waals surface area contributed by atoms with Crippen molar-refractivity contribution in [1.29, 1.82) is 0 Å². The molecule has 1 aliphatic heterocycles. The van der Waals surface area contributed by atoms with Crippen LogP contribution in [0.2, 0.25) is 5.02 Å². The maximum atomic E-state index is 5.96. The lowest BCUT2D eigenvalue weighted by Crippen LogP contribution is -2.26. The fourth-order valence-electron chi connectivity index (χ4n) is 2.96. The summed E-state index contributed by atoms with van der Waals surface area (Å²) in [7, 11) is 0. The van der Waals surface area contributed by atoms with Crippen molar-refractivity contribution < 1.29 is 0 Å². The van der Waals surface area contributed by atoms with Gasteiger partial charge in [-0.3, -0.25) is 0 Å². The summed E-state index contributed by atoms with van der Waals surface area (Å²) in [5, 5.41) is 7.79. The minimum absolute atomic E-state index is 0.525. The molecule has 1 aromatic heterocycles. The van der Waals surface area contributed by atoms with Gasteiger partial charge in [0.1, 0.15) is 0 Å². The molecule has 1 aliphatic rings. The molecule has 1 atom stereocenters. The number of nitrogens with zero attached hydrogens (tertiary/aromatic N) is 2. The highest BCUT2D eigenvalue weighted by molar-refractivity contribution is 7.09. The molecule has 1 fully saturated rings. The third-order valence-electron chi connectivity index (χ3n) is 4.28. The Labute approximate surface area is 147 Å². The highest BCUT2D eigenvalue weighted by Crippen LogP contribution is 2.25. The third-order valence-corrected chi connectivity index (χ3v) is 5.73. The average Bonchev–Trinajstić information content (AvgIpc) is 3.18. The predicted molar refractivity (Wildman–Crippen MR) is 99.7 cm³/mol. The van der Waals surface area contributed by atoms with E-state index in [4.69, 9.17) is 11.6 Å². The van der Waals surface area contributed by atoms with Crippen LogP contribution in [0.5, 0.6) is 0 Å². The van der Waals surface area contributed by atoms with Crippen LogP contribution in [0, 0.1) is 5.92 Å². The molecule has 23 heavy (non-hydrogen) atoms. The first-order valence-electron chi connectivity index (χ1n) is 8.27. The summed E-state index contributed by atoms with van der Waals surface area (Å²) in [5.74, 6) is 1.23. The third kappa shape index (κ3) is 4.46. The molecule has 124 valence electrons. The summed E-state index contributed by atoms with van der Waals surface area (Å²) in [6, 6.07) is 8.16. The summed E-state index contributed by atoms with van der Waals surface area (Å²) in [6.07, 6.45) is 1.24. The van der Waals surface area contributed by atoms with Gasteiger partial charge >= 0.3 is 0 Å². The first-order chi connectivity index (χ1) is 11.1. The molecule has 1 N–H and O–H groups in total. The monoisotopic (exact) mass is 349 g/mol. The smallest absolute Gasteiger partial charge is 0.0954 e. The molecule has 0 amide bonds. The van der Waals surface area contributed by atoms with Crippen LogP contribution in [0.15, 0.2) is 29.6 Å². The fraction of sp³-hybridized carbons (Fsp3) is 0.500. The quantitative estimate of drug-likeness (QED) is 0.830. The Kier molecular flexibility index (Phi) is 5.57. The van der Waals surface area contributed by atoms with Gasteiger partial charge in [0.25, 0.3) is 0 Å². The molecule has 1 aromatic carbocycles. The summed E-state index contributed by atoms with van der Waals surface area (Å²) >= 11 is 7.73. The predicted octanol–water partition coefficient (Wildman–Crippen LogP) is 4.54. The number of thiazole rings is 1. The lowest BCUT2D eigenvalue weighted by atomic mass is 10.1. The van der Waals surface area contributed by atoms with Crippen molar-refractivity contribution in [3.05, 3.63) is 45.4 Å². The summed E-state index contributed by atoms with van der Waals surface area (Å²) < 4.78 is 0. The minimum atomic E-state index is 0.525. The first-order valence-corrected chi connectivity index (χ1v) is 9.53. The highest BCUT2D eigenvalue weighted by Gasteiger charge is 2.22. The van der Waals surface area contributed by atoms with Gasteiger partial charge in [0.15, 0.2) is 0 Å². The Morgan fingerprint density at radius 3 is 2.83 bits per heavy atom. The summed E-state index contributed by atoms with van der Waals surface area (Å²) in [4.78, 5) is 7.12. The van der Waals surface area contributed by atoms with Gasteiger partial charge in [0.2, 0.25) is 0 Å². The van der Waals surface area contributed by atoms with Crippen LogP contribution in [-0.2, 0) is 6.54 Å². The molecule has 3 rings (SSSR count). The van der Waals surface area contributed by atoms with E-state index < -0.39 is 0 Å². The molecule has 3 nitrogen and oxygen atoms in total. The van der Waals surface area contributed by atoms with Gasteiger partial charge in [-0.15, -0.1) is 11.3 Å². The van der Waals surface area contributed by atoms with E-state index in [0.717, 1.165) is 31.2 Å². The van der Waals surface area contributed by atoms with E-state index in [1.54, 1.807) is 11.3 Å². The van der Waals surface area contributed by atoms with Crippen molar-refractivity contribution in [3.8, 4) is 0 Å².